The predicted octanol–water partition coefficient (Wildman–Crippen LogP) is 3.41. The van der Waals surface area contributed by atoms with Crippen LogP contribution in [-0.4, -0.2) is 78.6 Å². The molecular weight excluding hydrogens is 494 g/mol. The van der Waals surface area contributed by atoms with Crippen LogP contribution in [-0.2, 0) is 9.53 Å². The third kappa shape index (κ3) is 5.14. The van der Waals surface area contributed by atoms with Gasteiger partial charge in [0.2, 0.25) is 11.8 Å². The number of carbonyl (C=O) groups is 2. The number of thioether (sulfide) groups is 1. The molecule has 3 aliphatic rings. The van der Waals surface area contributed by atoms with Crippen molar-refractivity contribution in [2.45, 2.75) is 17.4 Å². The van der Waals surface area contributed by atoms with Gasteiger partial charge in [-0.3, -0.25) is 9.69 Å². The second kappa shape index (κ2) is 10.1. The van der Waals surface area contributed by atoms with Crippen LogP contribution in [0.1, 0.15) is 6.42 Å². The first kappa shape index (κ1) is 23.8. The van der Waals surface area contributed by atoms with Crippen molar-refractivity contribution in [1.29, 1.82) is 0 Å². The van der Waals surface area contributed by atoms with Crippen LogP contribution >= 0.6 is 11.8 Å². The molecule has 2 saturated heterocycles. The summed E-state index contributed by atoms with van der Waals surface area (Å²) in [7, 11) is 1.63. The summed E-state index contributed by atoms with van der Waals surface area (Å²) in [5.74, 6) is 2.06. The topological polar surface area (TPSA) is 106 Å². The molecule has 2 fully saturated rings. The average molecular weight is 522 g/mol. The molecular formula is C26H27N5O5S. The van der Waals surface area contributed by atoms with Crippen LogP contribution in [0.15, 0.2) is 47.5 Å². The summed E-state index contributed by atoms with van der Waals surface area (Å²) in [5.41, 5.74) is 3.03. The Hall–Kier alpha value is -3.57. The largest absolute Gasteiger partial charge is 0.497 e. The van der Waals surface area contributed by atoms with Crippen LogP contribution < -0.4 is 19.7 Å². The van der Waals surface area contributed by atoms with Gasteiger partial charge in [-0.05, 0) is 36.8 Å². The lowest BCUT2D eigenvalue weighted by Crippen LogP contribution is -2.50. The fourth-order valence-corrected chi connectivity index (χ4v) is 5.58. The molecule has 11 heteroatoms. The number of hydrogen-bond donors (Lipinski definition) is 1. The minimum Gasteiger partial charge on any atom is -0.497 e. The Morgan fingerprint density at radius 1 is 1.14 bits per heavy atom. The lowest BCUT2D eigenvalue weighted by Gasteiger charge is -2.39. The Morgan fingerprint density at radius 2 is 2.03 bits per heavy atom. The Balaban J connectivity index is 0.951. The van der Waals surface area contributed by atoms with Crippen molar-refractivity contribution in [2.75, 3.05) is 55.9 Å². The van der Waals surface area contributed by atoms with Gasteiger partial charge in [-0.15, -0.1) is 11.8 Å². The van der Waals surface area contributed by atoms with Crippen LogP contribution in [0.4, 0.5) is 16.2 Å². The Morgan fingerprint density at radius 3 is 2.89 bits per heavy atom. The molecule has 4 heterocycles. The first-order valence-electron chi connectivity index (χ1n) is 12.2. The highest BCUT2D eigenvalue weighted by molar-refractivity contribution is 8.00. The van der Waals surface area contributed by atoms with E-state index in [9.17, 15) is 9.59 Å². The molecule has 3 aromatic rings. The first-order valence-corrected chi connectivity index (χ1v) is 13.2. The highest BCUT2D eigenvalue weighted by Gasteiger charge is 2.34. The molecule has 3 aliphatic heterocycles. The van der Waals surface area contributed by atoms with E-state index >= 15 is 0 Å². The maximum absolute atomic E-state index is 12.5. The number of benzene rings is 2. The third-order valence-electron chi connectivity index (χ3n) is 6.78. The van der Waals surface area contributed by atoms with Gasteiger partial charge < -0.3 is 24.4 Å². The second-order valence-corrected chi connectivity index (χ2v) is 10.4. The molecule has 6 rings (SSSR count). The summed E-state index contributed by atoms with van der Waals surface area (Å²) in [6.07, 6.45) is 1.92. The Labute approximate surface area is 218 Å². The molecule has 0 spiro atoms. The quantitative estimate of drug-likeness (QED) is 0.477. The van der Waals surface area contributed by atoms with Gasteiger partial charge in [0.15, 0.2) is 0 Å². The summed E-state index contributed by atoms with van der Waals surface area (Å²) in [5, 5.41) is 2.87. The highest BCUT2D eigenvalue weighted by atomic mass is 32.2. The van der Waals surface area contributed by atoms with E-state index in [1.54, 1.807) is 18.2 Å². The zero-order valence-electron chi connectivity index (χ0n) is 20.4. The van der Waals surface area contributed by atoms with E-state index < -0.39 is 0 Å². The van der Waals surface area contributed by atoms with E-state index in [1.807, 2.05) is 36.4 Å². The monoisotopic (exact) mass is 521 g/mol. The van der Waals surface area contributed by atoms with Crippen LogP contribution in [0, 0.1) is 5.92 Å². The van der Waals surface area contributed by atoms with Crippen molar-refractivity contribution < 1.29 is 23.8 Å². The minimum absolute atomic E-state index is 0.0272. The molecule has 0 saturated carbocycles. The number of carbonyl (C=O) groups excluding carboxylic acids is 2. The SMILES string of the molecule is COc1ccc2ncc(OCC3CN(CCC4CN(c5ccc6c(c5)NC(=O)CS6)C(=O)O4)C3)nc2c1. The number of ether oxygens (including phenoxy) is 3. The summed E-state index contributed by atoms with van der Waals surface area (Å²) >= 11 is 1.50. The Bertz CT molecular complexity index is 1350. The van der Waals surface area contributed by atoms with Crippen LogP contribution in [0.3, 0.4) is 0 Å². The summed E-state index contributed by atoms with van der Waals surface area (Å²) in [6.45, 7) is 3.81. The molecule has 37 heavy (non-hydrogen) atoms. The normalized spacial score (nSPS) is 19.8. The number of likely N-dealkylation sites (tertiary alicyclic amines) is 1. The molecule has 10 nitrogen and oxygen atoms in total. The molecule has 0 radical (unpaired) electrons. The summed E-state index contributed by atoms with van der Waals surface area (Å²) in [4.78, 5) is 38.1. The van der Waals surface area contributed by atoms with Gasteiger partial charge in [-0.1, -0.05) is 0 Å². The van der Waals surface area contributed by atoms with E-state index in [1.165, 1.54) is 11.8 Å². The van der Waals surface area contributed by atoms with E-state index in [0.29, 0.717) is 30.7 Å². The number of aromatic nitrogens is 2. The van der Waals surface area contributed by atoms with Gasteiger partial charge in [-0.25, -0.2) is 14.8 Å². The molecule has 192 valence electrons. The standard InChI is InChI=1S/C26H27N5O5S/c1-34-18-3-4-20-21(9-18)29-25(10-27-20)35-14-16-11-30(12-16)7-6-19-13-31(26(33)36-19)17-2-5-23-22(8-17)28-24(32)15-37-23/h2-5,8-10,16,19H,6-7,11-15H2,1H3,(H,28,32). The van der Waals surface area contributed by atoms with E-state index in [0.717, 1.165) is 59.1 Å². The number of anilines is 2. The number of cyclic esters (lactones) is 1. The smallest absolute Gasteiger partial charge is 0.414 e. The number of rotatable bonds is 8. The average Bonchev–Trinajstić information content (AvgIpc) is 3.26. The third-order valence-corrected chi connectivity index (χ3v) is 7.85. The van der Waals surface area contributed by atoms with Crippen molar-refractivity contribution in [3.63, 3.8) is 0 Å². The van der Waals surface area contributed by atoms with Gasteiger partial charge in [0, 0.05) is 42.2 Å². The fourth-order valence-electron chi connectivity index (χ4n) is 4.79. The van der Waals surface area contributed by atoms with E-state index in [2.05, 4.69) is 20.2 Å². The number of nitrogens with zero attached hydrogens (tertiary/aromatic N) is 4. The predicted molar refractivity (Wildman–Crippen MR) is 140 cm³/mol. The molecule has 1 unspecified atom stereocenters. The van der Waals surface area contributed by atoms with Gasteiger partial charge >= 0.3 is 6.09 Å². The molecule has 2 amide bonds. The number of fused-ring (bicyclic) bond motifs is 2. The highest BCUT2D eigenvalue weighted by Crippen LogP contribution is 2.35. The molecule has 0 aliphatic carbocycles. The zero-order valence-corrected chi connectivity index (χ0v) is 21.2. The lowest BCUT2D eigenvalue weighted by atomic mass is 10.0. The van der Waals surface area contributed by atoms with Crippen molar-refractivity contribution in [3.8, 4) is 11.6 Å². The Kier molecular flexibility index (Phi) is 6.47. The summed E-state index contributed by atoms with van der Waals surface area (Å²) in [6, 6.07) is 11.3. The number of methoxy groups -OCH3 is 1. The fraction of sp³-hybridized carbons (Fsp3) is 0.385. The molecule has 1 N–H and O–H groups in total. The lowest BCUT2D eigenvalue weighted by molar-refractivity contribution is -0.113. The van der Waals surface area contributed by atoms with E-state index in [-0.39, 0.29) is 18.1 Å². The van der Waals surface area contributed by atoms with Crippen LogP contribution in [0.2, 0.25) is 0 Å². The number of hydrogen-bond acceptors (Lipinski definition) is 9. The minimum atomic E-state index is -0.344. The number of amides is 2. The van der Waals surface area contributed by atoms with Crippen molar-refractivity contribution >= 4 is 46.2 Å². The van der Waals surface area contributed by atoms with Gasteiger partial charge in [0.25, 0.3) is 0 Å². The second-order valence-electron chi connectivity index (χ2n) is 9.42. The molecule has 1 atom stereocenters. The summed E-state index contributed by atoms with van der Waals surface area (Å²) < 4.78 is 16.8. The molecule has 2 aromatic carbocycles. The molecule has 0 bridgehead atoms. The number of nitrogens with one attached hydrogen (secondary N) is 1. The molecule has 1 aromatic heterocycles. The van der Waals surface area contributed by atoms with Crippen LogP contribution in [0.25, 0.3) is 11.0 Å². The van der Waals surface area contributed by atoms with Gasteiger partial charge in [0.1, 0.15) is 11.9 Å². The van der Waals surface area contributed by atoms with Crippen molar-refractivity contribution in [1.82, 2.24) is 14.9 Å². The van der Waals surface area contributed by atoms with Gasteiger partial charge in [0.05, 0.1) is 48.9 Å². The van der Waals surface area contributed by atoms with E-state index in [4.69, 9.17) is 14.2 Å². The van der Waals surface area contributed by atoms with Crippen molar-refractivity contribution in [3.05, 3.63) is 42.6 Å². The van der Waals surface area contributed by atoms with Crippen molar-refractivity contribution in [2.24, 2.45) is 5.92 Å². The van der Waals surface area contributed by atoms with Crippen LogP contribution in [0.5, 0.6) is 11.6 Å². The van der Waals surface area contributed by atoms with Gasteiger partial charge in [-0.2, -0.15) is 0 Å². The maximum atomic E-state index is 12.5. The zero-order chi connectivity index (χ0) is 25.4. The maximum Gasteiger partial charge on any atom is 0.414 e. The first-order chi connectivity index (χ1) is 18.0.